The van der Waals surface area contributed by atoms with Crippen LogP contribution in [0.1, 0.15) is 40.8 Å². The number of nitrogens with zero attached hydrogens (tertiary/aromatic N) is 1. The summed E-state index contributed by atoms with van der Waals surface area (Å²) in [5.41, 5.74) is 8.92. The zero-order chi connectivity index (χ0) is 14.7. The van der Waals surface area contributed by atoms with Gasteiger partial charge in [-0.05, 0) is 26.3 Å². The third-order valence-electron chi connectivity index (χ3n) is 3.08. The number of hydrogen-bond donors (Lipinski definition) is 2. The summed E-state index contributed by atoms with van der Waals surface area (Å²) in [4.78, 5) is 16.5. The van der Waals surface area contributed by atoms with Crippen LogP contribution >= 0.6 is 11.3 Å². The molecule has 2 rings (SSSR count). The Bertz CT molecular complexity index is 591. The molecule has 0 spiro atoms. The first-order valence-electron chi connectivity index (χ1n) is 6.52. The third kappa shape index (κ3) is 3.43. The Morgan fingerprint density at radius 2 is 1.95 bits per heavy atom. The van der Waals surface area contributed by atoms with Crippen molar-refractivity contribution in [3.63, 3.8) is 0 Å². The van der Waals surface area contributed by atoms with Crippen molar-refractivity contribution in [1.29, 1.82) is 0 Å². The third-order valence-corrected chi connectivity index (χ3v) is 4.23. The Kier molecular flexibility index (Phi) is 4.52. The summed E-state index contributed by atoms with van der Waals surface area (Å²) in [6.07, 6.45) is 0. The molecule has 106 valence electrons. The fraction of sp³-hybridized carbons (Fsp3) is 0.333. The molecule has 1 amide bonds. The smallest absolute Gasteiger partial charge is 0.242 e. The second-order valence-electron chi connectivity index (χ2n) is 4.95. The summed E-state index contributed by atoms with van der Waals surface area (Å²) in [5.74, 6) is -0.186. The van der Waals surface area contributed by atoms with Crippen LogP contribution in [0, 0.1) is 13.8 Å². The largest absolute Gasteiger partial charge is 0.345 e. The first-order chi connectivity index (χ1) is 9.47. The average molecular weight is 289 g/mol. The zero-order valence-electron chi connectivity index (χ0n) is 11.9. The molecule has 4 nitrogen and oxygen atoms in total. The maximum absolute atomic E-state index is 12.2. The van der Waals surface area contributed by atoms with Crippen LogP contribution in [-0.2, 0) is 4.79 Å². The van der Waals surface area contributed by atoms with Gasteiger partial charge in [0.15, 0.2) is 0 Å². The summed E-state index contributed by atoms with van der Waals surface area (Å²) in [6, 6.07) is 6.90. The van der Waals surface area contributed by atoms with Gasteiger partial charge in [0.2, 0.25) is 5.91 Å². The molecule has 0 aliphatic heterocycles. The molecule has 2 unspecified atom stereocenters. The first-order valence-corrected chi connectivity index (χ1v) is 7.40. The highest BCUT2D eigenvalue weighted by Crippen LogP contribution is 2.19. The van der Waals surface area contributed by atoms with E-state index in [-0.39, 0.29) is 11.9 Å². The molecule has 0 radical (unpaired) electrons. The molecule has 1 aromatic heterocycles. The van der Waals surface area contributed by atoms with Gasteiger partial charge in [0, 0.05) is 11.1 Å². The molecule has 0 aliphatic rings. The van der Waals surface area contributed by atoms with Gasteiger partial charge in [-0.25, -0.2) is 4.98 Å². The predicted octanol–water partition coefficient (Wildman–Crippen LogP) is 2.64. The van der Waals surface area contributed by atoms with Gasteiger partial charge in [0.05, 0.1) is 6.04 Å². The minimum Gasteiger partial charge on any atom is -0.345 e. The molecule has 0 fully saturated rings. The summed E-state index contributed by atoms with van der Waals surface area (Å²) in [5, 5.41) is 5.77. The molecule has 3 N–H and O–H groups in total. The second-order valence-corrected chi connectivity index (χ2v) is 5.84. The highest BCUT2D eigenvalue weighted by atomic mass is 32.1. The van der Waals surface area contributed by atoms with Crippen molar-refractivity contribution in [3.05, 3.63) is 51.5 Å². The van der Waals surface area contributed by atoms with Crippen molar-refractivity contribution in [2.24, 2.45) is 5.73 Å². The number of rotatable bonds is 4. The number of aryl methyl sites for hydroxylation is 2. The summed E-state index contributed by atoms with van der Waals surface area (Å²) >= 11 is 1.54. The van der Waals surface area contributed by atoms with Crippen LogP contribution in [0.4, 0.5) is 0 Å². The van der Waals surface area contributed by atoms with Gasteiger partial charge < -0.3 is 11.1 Å². The molecular weight excluding hydrogens is 270 g/mol. The molecule has 0 aliphatic carbocycles. The van der Waals surface area contributed by atoms with E-state index < -0.39 is 6.04 Å². The number of benzene rings is 1. The predicted molar refractivity (Wildman–Crippen MR) is 81.5 cm³/mol. The lowest BCUT2D eigenvalue weighted by Gasteiger charge is -2.16. The van der Waals surface area contributed by atoms with Crippen molar-refractivity contribution >= 4 is 17.2 Å². The standard InChI is InChI=1S/C15H19N3OS/c1-9-4-6-12(7-5-9)13(16)14(19)18-11(3)15-17-10(2)8-20-15/h4-8,11,13H,16H2,1-3H3,(H,18,19). The van der Waals surface area contributed by atoms with Crippen molar-refractivity contribution in [3.8, 4) is 0 Å². The normalized spacial score (nSPS) is 13.8. The van der Waals surface area contributed by atoms with Crippen LogP contribution < -0.4 is 11.1 Å². The van der Waals surface area contributed by atoms with Gasteiger partial charge in [-0.1, -0.05) is 29.8 Å². The van der Waals surface area contributed by atoms with E-state index in [2.05, 4.69) is 10.3 Å². The lowest BCUT2D eigenvalue weighted by Crippen LogP contribution is -2.35. The highest BCUT2D eigenvalue weighted by molar-refractivity contribution is 7.09. The number of carbonyl (C=O) groups is 1. The van der Waals surface area contributed by atoms with Crippen LogP contribution in [0.2, 0.25) is 0 Å². The minimum absolute atomic E-state index is 0.127. The zero-order valence-corrected chi connectivity index (χ0v) is 12.7. The van der Waals surface area contributed by atoms with Gasteiger partial charge in [0.1, 0.15) is 11.0 Å². The van der Waals surface area contributed by atoms with E-state index in [0.29, 0.717) is 0 Å². The molecule has 0 saturated carbocycles. The van der Waals surface area contributed by atoms with Crippen molar-refractivity contribution in [2.75, 3.05) is 0 Å². The van der Waals surface area contributed by atoms with Crippen LogP contribution in [0.15, 0.2) is 29.6 Å². The molecule has 1 heterocycles. The Hall–Kier alpha value is -1.72. The van der Waals surface area contributed by atoms with E-state index in [0.717, 1.165) is 21.8 Å². The fourth-order valence-electron chi connectivity index (χ4n) is 1.86. The van der Waals surface area contributed by atoms with Crippen LogP contribution in [0.3, 0.4) is 0 Å². The summed E-state index contributed by atoms with van der Waals surface area (Å²) < 4.78 is 0. The quantitative estimate of drug-likeness (QED) is 0.909. The van der Waals surface area contributed by atoms with E-state index in [9.17, 15) is 4.79 Å². The summed E-state index contributed by atoms with van der Waals surface area (Å²) in [7, 11) is 0. The van der Waals surface area contributed by atoms with Gasteiger partial charge in [-0.15, -0.1) is 11.3 Å². The molecule has 2 atom stereocenters. The molecule has 1 aromatic carbocycles. The first kappa shape index (κ1) is 14.7. The number of aromatic nitrogens is 1. The number of carbonyl (C=O) groups excluding carboxylic acids is 1. The van der Waals surface area contributed by atoms with Gasteiger partial charge in [-0.3, -0.25) is 4.79 Å². The number of nitrogens with one attached hydrogen (secondary N) is 1. The highest BCUT2D eigenvalue weighted by Gasteiger charge is 2.19. The number of amides is 1. The maximum atomic E-state index is 12.2. The van der Waals surface area contributed by atoms with E-state index in [4.69, 9.17) is 5.73 Å². The Balaban J connectivity index is 2.02. The van der Waals surface area contributed by atoms with E-state index in [1.54, 1.807) is 11.3 Å². The van der Waals surface area contributed by atoms with Crippen molar-refractivity contribution in [2.45, 2.75) is 32.9 Å². The molecule has 2 aromatic rings. The van der Waals surface area contributed by atoms with Crippen molar-refractivity contribution < 1.29 is 4.79 Å². The maximum Gasteiger partial charge on any atom is 0.242 e. The number of nitrogens with two attached hydrogens (primary N) is 1. The van der Waals surface area contributed by atoms with Crippen LogP contribution in [-0.4, -0.2) is 10.9 Å². The topological polar surface area (TPSA) is 68.0 Å². The van der Waals surface area contributed by atoms with Gasteiger partial charge >= 0.3 is 0 Å². The lowest BCUT2D eigenvalue weighted by atomic mass is 10.1. The van der Waals surface area contributed by atoms with E-state index in [1.165, 1.54) is 0 Å². The Labute approximate surface area is 123 Å². The molecule has 0 saturated heterocycles. The Morgan fingerprint density at radius 1 is 1.30 bits per heavy atom. The number of hydrogen-bond acceptors (Lipinski definition) is 4. The van der Waals surface area contributed by atoms with E-state index >= 15 is 0 Å². The van der Waals surface area contributed by atoms with Crippen LogP contribution in [0.25, 0.3) is 0 Å². The summed E-state index contributed by atoms with van der Waals surface area (Å²) in [6.45, 7) is 5.85. The lowest BCUT2D eigenvalue weighted by molar-refractivity contribution is -0.123. The van der Waals surface area contributed by atoms with Gasteiger partial charge in [-0.2, -0.15) is 0 Å². The molecular formula is C15H19N3OS. The fourth-order valence-corrected chi connectivity index (χ4v) is 2.66. The minimum atomic E-state index is -0.654. The van der Waals surface area contributed by atoms with Gasteiger partial charge in [0.25, 0.3) is 0 Å². The van der Waals surface area contributed by atoms with Crippen LogP contribution in [0.5, 0.6) is 0 Å². The Morgan fingerprint density at radius 3 is 2.50 bits per heavy atom. The average Bonchev–Trinajstić information content (AvgIpc) is 2.85. The SMILES string of the molecule is Cc1ccc(C(N)C(=O)NC(C)c2nc(C)cs2)cc1. The molecule has 5 heteroatoms. The van der Waals surface area contributed by atoms with Crippen molar-refractivity contribution in [1.82, 2.24) is 10.3 Å². The van der Waals surface area contributed by atoms with E-state index in [1.807, 2.05) is 50.4 Å². The molecule has 0 bridgehead atoms. The number of thiazole rings is 1. The molecule has 20 heavy (non-hydrogen) atoms. The monoisotopic (exact) mass is 289 g/mol. The second kappa shape index (κ2) is 6.15.